The Morgan fingerprint density at radius 1 is 1.27 bits per heavy atom. The SMILES string of the molecule is CC(C)(CO)NCCc1ccc(Br)cc1. The van der Waals surface area contributed by atoms with E-state index in [1.807, 2.05) is 26.0 Å². The Morgan fingerprint density at radius 2 is 1.87 bits per heavy atom. The van der Waals surface area contributed by atoms with Gasteiger partial charge in [-0.2, -0.15) is 0 Å². The molecule has 0 amide bonds. The standard InChI is InChI=1S/C12H18BrNO/c1-12(2,9-15)14-8-7-10-3-5-11(13)6-4-10/h3-6,14-15H,7-9H2,1-2H3. The van der Waals surface area contributed by atoms with Crippen molar-refractivity contribution in [2.75, 3.05) is 13.2 Å². The van der Waals surface area contributed by atoms with E-state index in [1.165, 1.54) is 5.56 Å². The van der Waals surface area contributed by atoms with Crippen molar-refractivity contribution in [1.82, 2.24) is 5.32 Å². The van der Waals surface area contributed by atoms with Crippen molar-refractivity contribution in [2.24, 2.45) is 0 Å². The molecular formula is C12H18BrNO. The second-order valence-electron chi connectivity index (χ2n) is 4.35. The largest absolute Gasteiger partial charge is 0.394 e. The summed E-state index contributed by atoms with van der Waals surface area (Å²) in [5.41, 5.74) is 1.12. The Hall–Kier alpha value is -0.380. The summed E-state index contributed by atoms with van der Waals surface area (Å²) in [6, 6.07) is 8.31. The van der Waals surface area contributed by atoms with Gasteiger partial charge in [-0.3, -0.25) is 0 Å². The van der Waals surface area contributed by atoms with Crippen LogP contribution < -0.4 is 5.32 Å². The van der Waals surface area contributed by atoms with Gasteiger partial charge in [0.15, 0.2) is 0 Å². The zero-order valence-corrected chi connectivity index (χ0v) is 10.8. The zero-order valence-electron chi connectivity index (χ0n) is 9.26. The van der Waals surface area contributed by atoms with E-state index in [-0.39, 0.29) is 12.1 Å². The van der Waals surface area contributed by atoms with Crippen molar-refractivity contribution in [3.05, 3.63) is 34.3 Å². The van der Waals surface area contributed by atoms with Crippen LogP contribution in [-0.4, -0.2) is 23.8 Å². The molecule has 2 N–H and O–H groups in total. The maximum atomic E-state index is 9.06. The van der Waals surface area contributed by atoms with Crippen molar-refractivity contribution in [2.45, 2.75) is 25.8 Å². The number of hydrogen-bond donors (Lipinski definition) is 2. The van der Waals surface area contributed by atoms with Crippen molar-refractivity contribution in [3.63, 3.8) is 0 Å². The highest BCUT2D eigenvalue weighted by Gasteiger charge is 2.13. The van der Waals surface area contributed by atoms with Gasteiger partial charge in [0.2, 0.25) is 0 Å². The van der Waals surface area contributed by atoms with Crippen molar-refractivity contribution in [3.8, 4) is 0 Å². The maximum absolute atomic E-state index is 9.06. The average Bonchev–Trinajstić information content (AvgIpc) is 2.21. The van der Waals surface area contributed by atoms with Crippen molar-refractivity contribution >= 4 is 15.9 Å². The summed E-state index contributed by atoms with van der Waals surface area (Å²) < 4.78 is 1.11. The molecule has 0 radical (unpaired) electrons. The molecule has 0 aliphatic heterocycles. The number of halogens is 1. The van der Waals surface area contributed by atoms with Crippen LogP contribution in [0.2, 0.25) is 0 Å². The molecule has 0 atom stereocenters. The fraction of sp³-hybridized carbons (Fsp3) is 0.500. The number of rotatable bonds is 5. The lowest BCUT2D eigenvalue weighted by atomic mass is 10.1. The Labute approximate surface area is 99.8 Å². The maximum Gasteiger partial charge on any atom is 0.0607 e. The molecule has 0 heterocycles. The Kier molecular flexibility index (Phi) is 4.77. The van der Waals surface area contributed by atoms with Gasteiger partial charge in [-0.25, -0.2) is 0 Å². The molecule has 1 rings (SSSR count). The smallest absolute Gasteiger partial charge is 0.0607 e. The Balaban J connectivity index is 2.35. The third kappa shape index (κ3) is 4.78. The van der Waals surface area contributed by atoms with E-state index in [2.05, 4.69) is 33.4 Å². The van der Waals surface area contributed by atoms with E-state index in [9.17, 15) is 0 Å². The van der Waals surface area contributed by atoms with Gasteiger partial charge in [-0.1, -0.05) is 28.1 Å². The molecule has 0 aliphatic carbocycles. The normalized spacial score (nSPS) is 11.7. The van der Waals surface area contributed by atoms with Crippen molar-refractivity contribution < 1.29 is 5.11 Å². The number of aliphatic hydroxyl groups is 1. The van der Waals surface area contributed by atoms with Gasteiger partial charge < -0.3 is 10.4 Å². The summed E-state index contributed by atoms with van der Waals surface area (Å²) in [7, 11) is 0. The summed E-state index contributed by atoms with van der Waals surface area (Å²) >= 11 is 3.41. The molecule has 0 saturated heterocycles. The van der Waals surface area contributed by atoms with E-state index in [1.54, 1.807) is 0 Å². The Morgan fingerprint density at radius 3 is 2.40 bits per heavy atom. The second kappa shape index (κ2) is 5.64. The molecule has 1 aromatic rings. The van der Waals surface area contributed by atoms with E-state index >= 15 is 0 Å². The lowest BCUT2D eigenvalue weighted by Crippen LogP contribution is -2.43. The molecule has 84 valence electrons. The second-order valence-corrected chi connectivity index (χ2v) is 5.26. The van der Waals surface area contributed by atoms with Gasteiger partial charge in [0.05, 0.1) is 6.61 Å². The molecule has 0 aromatic heterocycles. The molecule has 0 unspecified atom stereocenters. The molecule has 0 bridgehead atoms. The fourth-order valence-electron chi connectivity index (χ4n) is 1.25. The quantitative estimate of drug-likeness (QED) is 0.862. The summed E-state index contributed by atoms with van der Waals surface area (Å²) in [5.74, 6) is 0. The first kappa shape index (κ1) is 12.7. The third-order valence-corrected chi connectivity index (χ3v) is 2.85. The summed E-state index contributed by atoms with van der Waals surface area (Å²) in [6.07, 6.45) is 0.983. The molecule has 0 fully saturated rings. The van der Waals surface area contributed by atoms with Crippen LogP contribution in [0.15, 0.2) is 28.7 Å². The molecule has 0 spiro atoms. The monoisotopic (exact) mass is 271 g/mol. The first-order valence-corrected chi connectivity index (χ1v) is 5.93. The first-order valence-electron chi connectivity index (χ1n) is 5.14. The number of hydrogen-bond acceptors (Lipinski definition) is 2. The van der Waals surface area contributed by atoms with Crippen LogP contribution in [0, 0.1) is 0 Å². The van der Waals surface area contributed by atoms with Crippen LogP contribution in [0.4, 0.5) is 0 Å². The molecule has 2 nitrogen and oxygen atoms in total. The predicted octanol–water partition coefficient (Wildman–Crippen LogP) is 2.35. The lowest BCUT2D eigenvalue weighted by molar-refractivity contribution is 0.189. The first-order chi connectivity index (χ1) is 7.03. The number of aliphatic hydroxyl groups excluding tert-OH is 1. The van der Waals surface area contributed by atoms with Crippen LogP contribution in [0.1, 0.15) is 19.4 Å². The van der Waals surface area contributed by atoms with Crippen LogP contribution in [0.25, 0.3) is 0 Å². The van der Waals surface area contributed by atoms with Gasteiger partial charge in [-0.05, 0) is 44.5 Å². The van der Waals surface area contributed by atoms with Gasteiger partial charge in [0.25, 0.3) is 0 Å². The van der Waals surface area contributed by atoms with E-state index in [4.69, 9.17) is 5.11 Å². The van der Waals surface area contributed by atoms with E-state index in [0.717, 1.165) is 17.4 Å². The number of benzene rings is 1. The highest BCUT2D eigenvalue weighted by Crippen LogP contribution is 2.10. The molecule has 15 heavy (non-hydrogen) atoms. The molecule has 0 saturated carbocycles. The van der Waals surface area contributed by atoms with Crippen LogP contribution in [0.5, 0.6) is 0 Å². The van der Waals surface area contributed by atoms with Crippen molar-refractivity contribution in [1.29, 1.82) is 0 Å². The fourth-order valence-corrected chi connectivity index (χ4v) is 1.52. The van der Waals surface area contributed by atoms with Gasteiger partial charge >= 0.3 is 0 Å². The highest BCUT2D eigenvalue weighted by molar-refractivity contribution is 9.10. The van der Waals surface area contributed by atoms with Gasteiger partial charge in [0, 0.05) is 10.0 Å². The minimum atomic E-state index is -0.185. The van der Waals surface area contributed by atoms with Crippen LogP contribution in [-0.2, 0) is 6.42 Å². The topological polar surface area (TPSA) is 32.3 Å². The summed E-state index contributed by atoms with van der Waals surface area (Å²) in [6.45, 7) is 5.03. The minimum Gasteiger partial charge on any atom is -0.394 e. The highest BCUT2D eigenvalue weighted by atomic mass is 79.9. The molecule has 3 heteroatoms. The average molecular weight is 272 g/mol. The molecule has 0 aliphatic rings. The third-order valence-electron chi connectivity index (χ3n) is 2.33. The van der Waals surface area contributed by atoms with E-state index in [0.29, 0.717) is 0 Å². The van der Waals surface area contributed by atoms with E-state index < -0.39 is 0 Å². The summed E-state index contributed by atoms with van der Waals surface area (Å²) in [5, 5.41) is 12.4. The molecule has 1 aromatic carbocycles. The number of nitrogens with one attached hydrogen (secondary N) is 1. The van der Waals surface area contributed by atoms with Gasteiger partial charge in [-0.15, -0.1) is 0 Å². The Bertz CT molecular complexity index is 295. The van der Waals surface area contributed by atoms with Crippen LogP contribution in [0.3, 0.4) is 0 Å². The van der Waals surface area contributed by atoms with Crippen LogP contribution >= 0.6 is 15.9 Å². The zero-order chi connectivity index (χ0) is 11.3. The minimum absolute atomic E-state index is 0.160. The summed E-state index contributed by atoms with van der Waals surface area (Å²) in [4.78, 5) is 0. The lowest BCUT2D eigenvalue weighted by Gasteiger charge is -2.23. The van der Waals surface area contributed by atoms with Gasteiger partial charge in [0.1, 0.15) is 0 Å². The predicted molar refractivity (Wildman–Crippen MR) is 67.0 cm³/mol. The molecular weight excluding hydrogens is 254 g/mol.